The van der Waals surface area contributed by atoms with Crippen LogP contribution < -0.4 is 15.4 Å². The second kappa shape index (κ2) is 12.3. The molecule has 1 aliphatic carbocycles. The number of hydrogen-bond donors (Lipinski definition) is 3. The van der Waals surface area contributed by atoms with E-state index in [1.807, 2.05) is 38.1 Å². The summed E-state index contributed by atoms with van der Waals surface area (Å²) in [6.45, 7) is 4.35. The van der Waals surface area contributed by atoms with Crippen molar-refractivity contribution in [2.75, 3.05) is 13.7 Å². The Hall–Kier alpha value is -2.61. The Morgan fingerprint density at radius 1 is 1.29 bits per heavy atom. The van der Waals surface area contributed by atoms with Gasteiger partial charge in [-0.25, -0.2) is 5.06 Å². The van der Waals surface area contributed by atoms with Crippen molar-refractivity contribution in [2.24, 2.45) is 11.8 Å². The van der Waals surface area contributed by atoms with E-state index in [4.69, 9.17) is 4.74 Å². The first-order valence-electron chi connectivity index (χ1n) is 11.0. The van der Waals surface area contributed by atoms with Crippen LogP contribution in [0.5, 0.6) is 5.75 Å². The van der Waals surface area contributed by atoms with Crippen LogP contribution in [0.3, 0.4) is 0 Å². The fourth-order valence-corrected chi connectivity index (χ4v) is 4.37. The van der Waals surface area contributed by atoms with Gasteiger partial charge in [0.05, 0.1) is 13.2 Å². The van der Waals surface area contributed by atoms with Crippen molar-refractivity contribution in [1.29, 1.82) is 0 Å². The molecule has 8 heteroatoms. The Labute approximate surface area is 184 Å². The van der Waals surface area contributed by atoms with Crippen LogP contribution in [-0.4, -0.2) is 54.2 Å². The molecule has 172 valence electrons. The summed E-state index contributed by atoms with van der Waals surface area (Å²) >= 11 is 0. The molecule has 1 aromatic rings. The first kappa shape index (κ1) is 24.7. The molecule has 3 unspecified atom stereocenters. The number of amides is 3. The molecule has 1 aromatic carbocycles. The van der Waals surface area contributed by atoms with Crippen LogP contribution in [-0.2, 0) is 20.8 Å². The Balaban J connectivity index is 1.94. The number of nitrogens with one attached hydrogen (secondary N) is 2. The van der Waals surface area contributed by atoms with E-state index in [0.717, 1.165) is 35.6 Å². The van der Waals surface area contributed by atoms with Gasteiger partial charge in [0, 0.05) is 19.4 Å². The molecule has 0 aromatic heterocycles. The lowest BCUT2D eigenvalue weighted by Crippen LogP contribution is -2.48. The van der Waals surface area contributed by atoms with E-state index in [1.165, 1.54) is 0 Å². The summed E-state index contributed by atoms with van der Waals surface area (Å²) in [5.41, 5.74) is 0.929. The van der Waals surface area contributed by atoms with Crippen LogP contribution in [0.1, 0.15) is 51.5 Å². The number of hydrogen-bond acceptors (Lipinski definition) is 5. The lowest BCUT2D eigenvalue weighted by atomic mass is 9.74. The van der Waals surface area contributed by atoms with E-state index in [0.29, 0.717) is 32.2 Å². The third-order valence-corrected chi connectivity index (χ3v) is 6.22. The Kier molecular flexibility index (Phi) is 9.78. The Morgan fingerprint density at radius 2 is 2.00 bits per heavy atom. The Morgan fingerprint density at radius 3 is 2.61 bits per heavy atom. The van der Waals surface area contributed by atoms with Gasteiger partial charge in [0.2, 0.25) is 18.2 Å². The molecule has 0 aliphatic heterocycles. The monoisotopic (exact) mass is 433 g/mol. The summed E-state index contributed by atoms with van der Waals surface area (Å²) in [5, 5.41) is 16.2. The average Bonchev–Trinajstić information content (AvgIpc) is 2.78. The summed E-state index contributed by atoms with van der Waals surface area (Å²) in [6.07, 6.45) is 4.43. The number of carbonyl (C=O) groups excluding carboxylic acids is 3. The van der Waals surface area contributed by atoms with Gasteiger partial charge in [-0.05, 0) is 49.3 Å². The van der Waals surface area contributed by atoms with Gasteiger partial charge in [-0.1, -0.05) is 31.9 Å². The minimum Gasteiger partial charge on any atom is -0.497 e. The minimum atomic E-state index is -0.652. The van der Waals surface area contributed by atoms with Crippen LogP contribution in [0.2, 0.25) is 0 Å². The highest BCUT2D eigenvalue weighted by molar-refractivity contribution is 5.87. The molecule has 2 rings (SSSR count). The van der Waals surface area contributed by atoms with Gasteiger partial charge in [-0.15, -0.1) is 0 Å². The Bertz CT molecular complexity index is 724. The second-order valence-electron chi connectivity index (χ2n) is 8.21. The van der Waals surface area contributed by atoms with Gasteiger partial charge in [0.15, 0.2) is 0 Å². The molecular weight excluding hydrogens is 398 g/mol. The van der Waals surface area contributed by atoms with E-state index in [1.54, 1.807) is 7.11 Å². The highest BCUT2D eigenvalue weighted by Crippen LogP contribution is 2.35. The number of benzene rings is 1. The molecule has 4 atom stereocenters. The van der Waals surface area contributed by atoms with Crippen molar-refractivity contribution in [3.8, 4) is 5.75 Å². The van der Waals surface area contributed by atoms with E-state index < -0.39 is 6.04 Å². The number of carbonyl (C=O) groups is 3. The predicted molar refractivity (Wildman–Crippen MR) is 117 cm³/mol. The molecule has 8 nitrogen and oxygen atoms in total. The van der Waals surface area contributed by atoms with E-state index in [9.17, 15) is 19.6 Å². The molecule has 3 amide bonds. The lowest BCUT2D eigenvalue weighted by Gasteiger charge is -2.38. The highest BCUT2D eigenvalue weighted by Gasteiger charge is 2.33. The van der Waals surface area contributed by atoms with Crippen LogP contribution in [0.25, 0.3) is 0 Å². The largest absolute Gasteiger partial charge is 0.497 e. The zero-order valence-corrected chi connectivity index (χ0v) is 18.7. The molecule has 0 heterocycles. The van der Waals surface area contributed by atoms with Gasteiger partial charge in [0.25, 0.3) is 0 Å². The number of ether oxygens (including phenoxy) is 1. The lowest BCUT2D eigenvalue weighted by molar-refractivity contribution is -0.170. The smallest absolute Gasteiger partial charge is 0.242 e. The minimum absolute atomic E-state index is 0.107. The quantitative estimate of drug-likeness (QED) is 0.282. The van der Waals surface area contributed by atoms with Gasteiger partial charge >= 0.3 is 0 Å². The van der Waals surface area contributed by atoms with Crippen LogP contribution >= 0.6 is 0 Å². The average molecular weight is 434 g/mol. The molecular formula is C23H35N3O5. The van der Waals surface area contributed by atoms with Gasteiger partial charge < -0.3 is 15.4 Å². The zero-order valence-electron chi connectivity index (χ0n) is 18.7. The summed E-state index contributed by atoms with van der Waals surface area (Å²) in [6, 6.07) is 6.56. The van der Waals surface area contributed by atoms with Gasteiger partial charge in [-0.3, -0.25) is 19.6 Å². The van der Waals surface area contributed by atoms with E-state index in [2.05, 4.69) is 10.6 Å². The first-order valence-corrected chi connectivity index (χ1v) is 11.0. The van der Waals surface area contributed by atoms with Crippen LogP contribution in [0.15, 0.2) is 24.3 Å². The number of rotatable bonds is 11. The number of likely N-dealkylation sites (N-methyl/N-ethyl adjacent to an activating group) is 1. The summed E-state index contributed by atoms with van der Waals surface area (Å²) in [7, 11) is 1.60. The van der Waals surface area contributed by atoms with E-state index >= 15 is 0 Å². The molecule has 31 heavy (non-hydrogen) atoms. The SMILES string of the molecule is CCNC(=O)[C@H](Cc1ccc(OC)cc1)NC(=O)CCC1CCCC(N(O)C=O)C1C. The fraction of sp³-hybridized carbons (Fsp3) is 0.609. The third-order valence-electron chi connectivity index (χ3n) is 6.22. The topological polar surface area (TPSA) is 108 Å². The third kappa shape index (κ3) is 7.24. The molecule has 1 fully saturated rings. The molecule has 0 spiro atoms. The van der Waals surface area contributed by atoms with Crippen LogP contribution in [0.4, 0.5) is 0 Å². The highest BCUT2D eigenvalue weighted by atomic mass is 16.5. The summed E-state index contributed by atoms with van der Waals surface area (Å²) in [5.74, 6) is 0.701. The summed E-state index contributed by atoms with van der Waals surface area (Å²) < 4.78 is 5.17. The van der Waals surface area contributed by atoms with Gasteiger partial charge in [-0.2, -0.15) is 0 Å². The zero-order chi connectivity index (χ0) is 22.8. The van der Waals surface area contributed by atoms with Crippen molar-refractivity contribution in [3.63, 3.8) is 0 Å². The summed E-state index contributed by atoms with van der Waals surface area (Å²) in [4.78, 5) is 36.1. The normalized spacial score (nSPS) is 21.6. The van der Waals surface area contributed by atoms with Crippen molar-refractivity contribution in [3.05, 3.63) is 29.8 Å². The fourth-order valence-electron chi connectivity index (χ4n) is 4.37. The molecule has 1 aliphatic rings. The van der Waals surface area contributed by atoms with Crippen molar-refractivity contribution in [2.45, 2.75) is 64.5 Å². The maximum Gasteiger partial charge on any atom is 0.242 e. The molecule has 0 bridgehead atoms. The maximum absolute atomic E-state index is 12.6. The number of hydroxylamine groups is 2. The molecule has 0 radical (unpaired) electrons. The van der Waals surface area contributed by atoms with Crippen molar-refractivity contribution in [1.82, 2.24) is 15.7 Å². The maximum atomic E-state index is 12.6. The van der Waals surface area contributed by atoms with Crippen LogP contribution in [0, 0.1) is 11.8 Å². The van der Waals surface area contributed by atoms with Gasteiger partial charge in [0.1, 0.15) is 11.8 Å². The van der Waals surface area contributed by atoms with Crippen molar-refractivity contribution < 1.29 is 24.3 Å². The molecule has 1 saturated carbocycles. The standard InChI is InChI=1S/C23H35N3O5/c1-4-24-23(29)20(14-17-8-11-19(31-3)12-9-17)25-22(28)13-10-18-6-5-7-21(16(18)2)26(30)15-27/h8-9,11-12,15-16,18,20-21,30H,4-7,10,13-14H2,1-3H3,(H,24,29)(H,25,28)/t16?,18?,20-,21?/m0/s1. The van der Waals surface area contributed by atoms with E-state index in [-0.39, 0.29) is 29.7 Å². The number of nitrogens with zero attached hydrogens (tertiary/aromatic N) is 1. The molecule has 3 N–H and O–H groups in total. The second-order valence-corrected chi connectivity index (χ2v) is 8.21. The van der Waals surface area contributed by atoms with Crippen molar-refractivity contribution >= 4 is 18.2 Å². The number of methoxy groups -OCH3 is 1. The first-order chi connectivity index (χ1) is 14.9. The predicted octanol–water partition coefficient (Wildman–Crippen LogP) is 2.29. The molecule has 0 saturated heterocycles.